The molecule has 8 nitrogen and oxygen atoms in total. The predicted molar refractivity (Wildman–Crippen MR) is 115 cm³/mol. The van der Waals surface area contributed by atoms with Crippen LogP contribution in [0.3, 0.4) is 0 Å². The van der Waals surface area contributed by atoms with Gasteiger partial charge in [0, 0.05) is 18.7 Å². The highest BCUT2D eigenvalue weighted by Gasteiger charge is 2.21. The van der Waals surface area contributed by atoms with Gasteiger partial charge in [0.25, 0.3) is 5.91 Å². The zero-order chi connectivity index (χ0) is 22.1. The molecule has 1 aromatic heterocycles. The van der Waals surface area contributed by atoms with Gasteiger partial charge in [-0.05, 0) is 37.0 Å². The van der Waals surface area contributed by atoms with E-state index in [4.69, 9.17) is 11.6 Å². The smallest absolute Gasteiger partial charge is 0.271 e. The van der Waals surface area contributed by atoms with Crippen LogP contribution in [-0.2, 0) is 21.1 Å². The Bertz CT molecular complexity index is 994. The average Bonchev–Trinajstić information content (AvgIpc) is 2.71. The molecule has 0 bridgehead atoms. The van der Waals surface area contributed by atoms with Gasteiger partial charge in [-0.1, -0.05) is 37.6 Å². The summed E-state index contributed by atoms with van der Waals surface area (Å²) in [5.41, 5.74) is 1.70. The van der Waals surface area contributed by atoms with E-state index in [2.05, 4.69) is 27.5 Å². The number of carbonyl (C=O) groups is 2. The summed E-state index contributed by atoms with van der Waals surface area (Å²) in [5, 5.41) is 4.93. The number of hydrogen-bond acceptors (Lipinski definition) is 6. The Morgan fingerprint density at radius 3 is 2.47 bits per heavy atom. The number of aryl methyl sites for hydroxylation is 1. The van der Waals surface area contributed by atoms with E-state index >= 15 is 0 Å². The van der Waals surface area contributed by atoms with Crippen LogP contribution in [0.4, 0.5) is 5.69 Å². The Balaban J connectivity index is 1.86. The van der Waals surface area contributed by atoms with E-state index in [9.17, 15) is 18.0 Å². The number of sulfone groups is 1. The summed E-state index contributed by atoms with van der Waals surface area (Å²) in [7, 11) is -3.67. The number of rotatable bonds is 10. The molecule has 0 radical (unpaired) electrons. The molecule has 0 spiro atoms. The molecule has 0 unspecified atom stereocenters. The summed E-state index contributed by atoms with van der Waals surface area (Å²) >= 11 is 5.95. The van der Waals surface area contributed by atoms with Crippen LogP contribution in [0.25, 0.3) is 0 Å². The maximum absolute atomic E-state index is 12.3. The molecule has 0 aliphatic rings. The first-order valence-electron chi connectivity index (χ1n) is 9.69. The molecular weight excluding hydrogens is 428 g/mol. The first-order chi connectivity index (χ1) is 14.3. The van der Waals surface area contributed by atoms with Crippen LogP contribution in [-0.4, -0.2) is 42.5 Å². The monoisotopic (exact) mass is 452 g/mol. The number of anilines is 1. The summed E-state index contributed by atoms with van der Waals surface area (Å²) in [6, 6.07) is 7.60. The van der Waals surface area contributed by atoms with Gasteiger partial charge >= 0.3 is 0 Å². The van der Waals surface area contributed by atoms with E-state index < -0.39 is 20.9 Å². The number of nitrogens with one attached hydrogen (secondary N) is 2. The quantitative estimate of drug-likeness (QED) is 0.422. The summed E-state index contributed by atoms with van der Waals surface area (Å²) < 4.78 is 24.2. The van der Waals surface area contributed by atoms with Crippen molar-refractivity contribution in [2.45, 2.75) is 44.7 Å². The van der Waals surface area contributed by atoms with Crippen molar-refractivity contribution in [3.63, 3.8) is 0 Å². The topological polar surface area (TPSA) is 118 Å². The number of aromatic nitrogens is 2. The molecule has 0 saturated heterocycles. The number of benzene rings is 1. The van der Waals surface area contributed by atoms with Crippen molar-refractivity contribution in [2.24, 2.45) is 0 Å². The SMILES string of the molecule is CCCS(=O)(=O)c1ncc(Cl)c(C(=O)NCCCC(=O)Nc2ccc(CC)cc2)n1. The van der Waals surface area contributed by atoms with Crippen molar-refractivity contribution < 1.29 is 18.0 Å². The first kappa shape index (κ1) is 23.8. The summed E-state index contributed by atoms with van der Waals surface area (Å²) in [6.07, 6.45) is 3.04. The molecule has 0 aliphatic heterocycles. The van der Waals surface area contributed by atoms with Crippen molar-refractivity contribution in [1.82, 2.24) is 15.3 Å². The highest BCUT2D eigenvalue weighted by Crippen LogP contribution is 2.16. The molecule has 162 valence electrons. The second-order valence-corrected chi connectivity index (χ2v) is 9.04. The minimum Gasteiger partial charge on any atom is -0.351 e. The van der Waals surface area contributed by atoms with Gasteiger partial charge < -0.3 is 10.6 Å². The lowest BCUT2D eigenvalue weighted by Gasteiger charge is -2.08. The van der Waals surface area contributed by atoms with Crippen LogP contribution >= 0.6 is 11.6 Å². The molecule has 10 heteroatoms. The number of nitrogens with zero attached hydrogens (tertiary/aromatic N) is 2. The number of amides is 2. The molecule has 30 heavy (non-hydrogen) atoms. The molecule has 0 aliphatic carbocycles. The predicted octanol–water partition coefficient (Wildman–Crippen LogP) is 3.02. The molecule has 0 fully saturated rings. The van der Waals surface area contributed by atoms with Gasteiger partial charge in [0.1, 0.15) is 0 Å². The minimum absolute atomic E-state index is 0.0452. The van der Waals surface area contributed by atoms with Gasteiger partial charge in [0.15, 0.2) is 5.69 Å². The zero-order valence-corrected chi connectivity index (χ0v) is 18.5. The standard InChI is InChI=1S/C20H25ClN4O4S/c1-3-12-30(28,29)20-23-13-16(21)18(25-20)19(27)22-11-5-6-17(26)24-15-9-7-14(4-2)8-10-15/h7-10,13H,3-6,11-12H2,1-2H3,(H,22,27)(H,24,26). The van der Waals surface area contributed by atoms with Crippen LogP contribution in [0.15, 0.2) is 35.6 Å². The lowest BCUT2D eigenvalue weighted by molar-refractivity contribution is -0.116. The van der Waals surface area contributed by atoms with Crippen molar-refractivity contribution in [2.75, 3.05) is 17.6 Å². The lowest BCUT2D eigenvalue weighted by atomic mass is 10.1. The van der Waals surface area contributed by atoms with Crippen LogP contribution in [0, 0.1) is 0 Å². The molecule has 2 amide bonds. The molecule has 1 aromatic carbocycles. The van der Waals surface area contributed by atoms with Gasteiger partial charge in [-0.3, -0.25) is 9.59 Å². The summed E-state index contributed by atoms with van der Waals surface area (Å²) in [4.78, 5) is 31.9. The average molecular weight is 453 g/mol. The normalized spacial score (nSPS) is 11.2. The third kappa shape index (κ3) is 6.77. The maximum atomic E-state index is 12.3. The fourth-order valence-corrected chi connectivity index (χ4v) is 3.94. The van der Waals surface area contributed by atoms with E-state index in [-0.39, 0.29) is 35.3 Å². The summed E-state index contributed by atoms with van der Waals surface area (Å²) in [5.74, 6) is -0.904. The van der Waals surface area contributed by atoms with Gasteiger partial charge in [-0.25, -0.2) is 18.4 Å². The van der Waals surface area contributed by atoms with Crippen molar-refractivity contribution >= 4 is 38.9 Å². The van der Waals surface area contributed by atoms with Gasteiger partial charge in [0.2, 0.25) is 20.9 Å². The van der Waals surface area contributed by atoms with Crippen LogP contribution in [0.5, 0.6) is 0 Å². The Kier molecular flexibility index (Phi) is 8.73. The maximum Gasteiger partial charge on any atom is 0.271 e. The summed E-state index contributed by atoms with van der Waals surface area (Å²) in [6.45, 7) is 3.98. The Labute approximate surface area is 181 Å². The first-order valence-corrected chi connectivity index (χ1v) is 11.7. The van der Waals surface area contributed by atoms with Crippen LogP contribution < -0.4 is 10.6 Å². The van der Waals surface area contributed by atoms with Crippen LogP contribution in [0.2, 0.25) is 5.02 Å². The van der Waals surface area contributed by atoms with E-state index in [0.29, 0.717) is 12.8 Å². The van der Waals surface area contributed by atoms with Crippen molar-refractivity contribution in [3.05, 3.63) is 46.7 Å². The molecule has 2 N–H and O–H groups in total. The van der Waals surface area contributed by atoms with Crippen molar-refractivity contribution in [3.8, 4) is 0 Å². The third-order valence-electron chi connectivity index (χ3n) is 4.20. The van der Waals surface area contributed by atoms with Gasteiger partial charge in [-0.15, -0.1) is 0 Å². The fourth-order valence-electron chi connectivity index (χ4n) is 2.60. The van der Waals surface area contributed by atoms with Crippen LogP contribution in [0.1, 0.15) is 49.2 Å². The molecule has 0 atom stereocenters. The molecule has 2 rings (SSSR count). The molecule has 1 heterocycles. The molecule has 0 saturated carbocycles. The number of hydrogen-bond donors (Lipinski definition) is 2. The highest BCUT2D eigenvalue weighted by atomic mass is 35.5. The largest absolute Gasteiger partial charge is 0.351 e. The van der Waals surface area contributed by atoms with E-state index in [1.165, 1.54) is 5.56 Å². The van der Waals surface area contributed by atoms with E-state index in [0.717, 1.165) is 18.3 Å². The van der Waals surface area contributed by atoms with Gasteiger partial charge in [0.05, 0.1) is 17.0 Å². The number of carbonyl (C=O) groups excluding carboxylic acids is 2. The highest BCUT2D eigenvalue weighted by molar-refractivity contribution is 7.91. The second kappa shape index (κ2) is 11.0. The second-order valence-electron chi connectivity index (χ2n) is 6.63. The van der Waals surface area contributed by atoms with E-state index in [1.807, 2.05) is 24.3 Å². The Hall–Kier alpha value is -2.52. The lowest BCUT2D eigenvalue weighted by Crippen LogP contribution is -2.27. The fraction of sp³-hybridized carbons (Fsp3) is 0.400. The molecule has 2 aromatic rings. The minimum atomic E-state index is -3.67. The van der Waals surface area contributed by atoms with Gasteiger partial charge in [-0.2, -0.15) is 0 Å². The number of halogens is 1. The van der Waals surface area contributed by atoms with Crippen molar-refractivity contribution in [1.29, 1.82) is 0 Å². The molecular formula is C20H25ClN4O4S. The third-order valence-corrected chi connectivity index (χ3v) is 6.18. The Morgan fingerprint density at radius 1 is 1.13 bits per heavy atom. The Morgan fingerprint density at radius 2 is 1.83 bits per heavy atom. The zero-order valence-electron chi connectivity index (χ0n) is 16.9. The van der Waals surface area contributed by atoms with E-state index in [1.54, 1.807) is 6.92 Å².